The number of nitrogens with two attached hydrogens (primary N) is 1. The van der Waals surface area contributed by atoms with Gasteiger partial charge in [0, 0.05) is 25.4 Å². The van der Waals surface area contributed by atoms with E-state index >= 15 is 0 Å². The van der Waals surface area contributed by atoms with Crippen LogP contribution in [-0.4, -0.2) is 44.5 Å². The van der Waals surface area contributed by atoms with Gasteiger partial charge in [0.05, 0.1) is 5.39 Å². The topological polar surface area (TPSA) is 115 Å². The van der Waals surface area contributed by atoms with E-state index in [0.29, 0.717) is 24.3 Å². The molecule has 0 aliphatic heterocycles. The Hall–Kier alpha value is -2.35. The number of alkyl carbamates (subject to hydrolysis) is 1. The molecule has 1 unspecified atom stereocenters. The number of aliphatic hydroxyl groups excluding tert-OH is 1. The van der Waals surface area contributed by atoms with Crippen molar-refractivity contribution < 1.29 is 14.6 Å². The van der Waals surface area contributed by atoms with Crippen LogP contribution in [-0.2, 0) is 11.2 Å². The van der Waals surface area contributed by atoms with Gasteiger partial charge in [-0.1, -0.05) is 0 Å². The molecule has 1 aliphatic carbocycles. The quantitative estimate of drug-likeness (QED) is 0.612. The summed E-state index contributed by atoms with van der Waals surface area (Å²) < 4.78 is 7.56. The summed E-state index contributed by atoms with van der Waals surface area (Å²) in [4.78, 5) is 20.6. The summed E-state index contributed by atoms with van der Waals surface area (Å²) in [5.74, 6) is 0.913. The summed E-state index contributed by atoms with van der Waals surface area (Å²) in [6.07, 6.45) is 8.87. The molecule has 1 aliphatic rings. The smallest absolute Gasteiger partial charge is 0.407 e. The highest BCUT2D eigenvalue weighted by Crippen LogP contribution is 2.38. The first-order valence-electron chi connectivity index (χ1n) is 10.5. The Morgan fingerprint density at radius 3 is 2.86 bits per heavy atom. The first-order valence-corrected chi connectivity index (χ1v) is 10.5. The standard InChI is InChI=1S/C21H33N5O3/c1-21(2,3)29-20(28)23-11-14-7-8-16(10-14)26-12-15(6-4-5-9-27)17-18(22)24-13-25-19(17)26/h12-14,16,27H,4-11H2,1-3H3,(H,23,28)(H2,22,24,25)/t14?,16-/m0/s1. The molecule has 0 spiro atoms. The normalized spacial score (nSPS) is 19.6. The third-order valence-corrected chi connectivity index (χ3v) is 5.41. The van der Waals surface area contributed by atoms with Crippen molar-refractivity contribution in [3.05, 3.63) is 18.1 Å². The van der Waals surface area contributed by atoms with Crippen LogP contribution < -0.4 is 11.1 Å². The molecule has 1 saturated carbocycles. The second-order valence-corrected chi connectivity index (χ2v) is 8.92. The fourth-order valence-corrected chi connectivity index (χ4v) is 4.11. The highest BCUT2D eigenvalue weighted by molar-refractivity contribution is 5.89. The first-order chi connectivity index (χ1) is 13.8. The van der Waals surface area contributed by atoms with E-state index in [0.717, 1.165) is 55.1 Å². The summed E-state index contributed by atoms with van der Waals surface area (Å²) in [5.41, 5.74) is 7.69. The molecule has 2 aromatic rings. The third-order valence-electron chi connectivity index (χ3n) is 5.41. The van der Waals surface area contributed by atoms with Gasteiger partial charge in [-0.15, -0.1) is 0 Å². The molecule has 2 heterocycles. The molecule has 160 valence electrons. The van der Waals surface area contributed by atoms with Crippen molar-refractivity contribution in [2.45, 2.75) is 70.9 Å². The lowest BCUT2D eigenvalue weighted by atomic mass is 10.1. The monoisotopic (exact) mass is 403 g/mol. The Bertz CT molecular complexity index is 843. The van der Waals surface area contributed by atoms with Crippen LogP contribution in [0.2, 0.25) is 0 Å². The fraction of sp³-hybridized carbons (Fsp3) is 0.667. The number of anilines is 1. The van der Waals surface area contributed by atoms with Crippen LogP contribution in [0.1, 0.15) is 64.5 Å². The number of nitrogens with one attached hydrogen (secondary N) is 1. The Morgan fingerprint density at radius 2 is 2.14 bits per heavy atom. The highest BCUT2D eigenvalue weighted by Gasteiger charge is 2.29. The van der Waals surface area contributed by atoms with Crippen molar-refractivity contribution in [2.24, 2.45) is 5.92 Å². The molecule has 1 fully saturated rings. The molecule has 8 heteroatoms. The lowest BCUT2D eigenvalue weighted by Gasteiger charge is -2.20. The second kappa shape index (κ2) is 8.98. The summed E-state index contributed by atoms with van der Waals surface area (Å²) >= 11 is 0. The van der Waals surface area contributed by atoms with E-state index < -0.39 is 5.60 Å². The number of ether oxygens (including phenoxy) is 1. The van der Waals surface area contributed by atoms with Gasteiger partial charge in [0.2, 0.25) is 0 Å². The van der Waals surface area contributed by atoms with Crippen LogP contribution in [0.3, 0.4) is 0 Å². The van der Waals surface area contributed by atoms with Crippen molar-refractivity contribution >= 4 is 22.9 Å². The van der Waals surface area contributed by atoms with Crippen LogP contribution in [0.5, 0.6) is 0 Å². The molecule has 2 aromatic heterocycles. The number of hydrogen-bond donors (Lipinski definition) is 3. The van der Waals surface area contributed by atoms with Gasteiger partial charge in [-0.2, -0.15) is 0 Å². The van der Waals surface area contributed by atoms with Crippen LogP contribution >= 0.6 is 0 Å². The summed E-state index contributed by atoms with van der Waals surface area (Å²) in [7, 11) is 0. The first kappa shape index (κ1) is 21.4. The van der Waals surface area contributed by atoms with Gasteiger partial charge < -0.3 is 25.5 Å². The zero-order chi connectivity index (χ0) is 21.0. The van der Waals surface area contributed by atoms with E-state index in [1.807, 2.05) is 20.8 Å². The number of aliphatic hydroxyl groups is 1. The molecule has 1 amide bonds. The van der Waals surface area contributed by atoms with Crippen molar-refractivity contribution in [2.75, 3.05) is 18.9 Å². The van der Waals surface area contributed by atoms with Crippen molar-refractivity contribution in [3.63, 3.8) is 0 Å². The van der Waals surface area contributed by atoms with Crippen LogP contribution in [0.25, 0.3) is 11.0 Å². The van der Waals surface area contributed by atoms with Gasteiger partial charge in [0.15, 0.2) is 0 Å². The number of aromatic nitrogens is 3. The number of carbonyl (C=O) groups is 1. The van der Waals surface area contributed by atoms with Crippen LogP contribution in [0.4, 0.5) is 10.6 Å². The molecule has 0 saturated heterocycles. The lowest BCUT2D eigenvalue weighted by Crippen LogP contribution is -2.34. The molecule has 4 N–H and O–H groups in total. The molecule has 0 bridgehead atoms. The predicted octanol–water partition coefficient (Wildman–Crippen LogP) is 3.19. The number of nitrogens with zero attached hydrogens (tertiary/aromatic N) is 3. The SMILES string of the molecule is CC(C)(C)OC(=O)NCC1CC[C@H](n2cc(CCCCO)c3c(N)ncnc32)C1. The van der Waals surface area contributed by atoms with Crippen LogP contribution in [0, 0.1) is 5.92 Å². The Kier molecular flexibility index (Phi) is 6.62. The van der Waals surface area contributed by atoms with E-state index in [1.165, 1.54) is 6.33 Å². The number of unbranched alkanes of at least 4 members (excludes halogenated alkanes) is 1. The average molecular weight is 404 g/mol. The number of nitrogen functional groups attached to an aromatic ring is 1. The largest absolute Gasteiger partial charge is 0.444 e. The molecule has 2 atom stereocenters. The van der Waals surface area contributed by atoms with E-state index in [9.17, 15) is 4.79 Å². The van der Waals surface area contributed by atoms with Crippen molar-refractivity contribution in [1.29, 1.82) is 0 Å². The number of fused-ring (bicyclic) bond motifs is 1. The molecular formula is C21H33N5O3. The molecular weight excluding hydrogens is 370 g/mol. The second-order valence-electron chi connectivity index (χ2n) is 8.92. The van der Waals surface area contributed by atoms with Gasteiger partial charge >= 0.3 is 6.09 Å². The Morgan fingerprint density at radius 1 is 1.34 bits per heavy atom. The van der Waals surface area contributed by atoms with Gasteiger partial charge in [-0.25, -0.2) is 14.8 Å². The summed E-state index contributed by atoms with van der Waals surface area (Å²) in [5, 5.41) is 12.9. The van der Waals surface area contributed by atoms with E-state index in [2.05, 4.69) is 26.0 Å². The van der Waals surface area contributed by atoms with E-state index in [-0.39, 0.29) is 12.7 Å². The number of rotatable bonds is 7. The zero-order valence-electron chi connectivity index (χ0n) is 17.6. The average Bonchev–Trinajstić information content (AvgIpc) is 3.24. The molecule has 0 radical (unpaired) electrons. The minimum Gasteiger partial charge on any atom is -0.444 e. The fourth-order valence-electron chi connectivity index (χ4n) is 4.11. The minimum atomic E-state index is -0.488. The number of hydrogen-bond acceptors (Lipinski definition) is 6. The zero-order valence-corrected chi connectivity index (χ0v) is 17.6. The molecule has 3 rings (SSSR count). The van der Waals surface area contributed by atoms with Crippen LogP contribution in [0.15, 0.2) is 12.5 Å². The summed E-state index contributed by atoms with van der Waals surface area (Å²) in [6.45, 7) is 6.40. The molecule has 0 aromatic carbocycles. The Balaban J connectivity index is 1.68. The third kappa shape index (κ3) is 5.38. The van der Waals surface area contributed by atoms with Gasteiger partial charge in [0.1, 0.15) is 23.4 Å². The lowest BCUT2D eigenvalue weighted by molar-refractivity contribution is 0.0519. The Labute approximate surface area is 171 Å². The number of carbonyl (C=O) groups excluding carboxylic acids is 1. The number of aryl methyl sites for hydroxylation is 1. The maximum Gasteiger partial charge on any atom is 0.407 e. The number of amides is 1. The minimum absolute atomic E-state index is 0.194. The van der Waals surface area contributed by atoms with E-state index in [4.69, 9.17) is 15.6 Å². The maximum atomic E-state index is 11.9. The molecule has 8 nitrogen and oxygen atoms in total. The summed E-state index contributed by atoms with van der Waals surface area (Å²) in [6, 6.07) is 0.323. The van der Waals surface area contributed by atoms with E-state index in [1.54, 1.807) is 0 Å². The molecule has 29 heavy (non-hydrogen) atoms. The highest BCUT2D eigenvalue weighted by atomic mass is 16.6. The maximum absolute atomic E-state index is 11.9. The van der Waals surface area contributed by atoms with Gasteiger partial charge in [-0.05, 0) is 70.8 Å². The van der Waals surface area contributed by atoms with Crippen molar-refractivity contribution in [1.82, 2.24) is 19.9 Å². The van der Waals surface area contributed by atoms with Gasteiger partial charge in [0.25, 0.3) is 0 Å². The predicted molar refractivity (Wildman–Crippen MR) is 113 cm³/mol. The van der Waals surface area contributed by atoms with Crippen molar-refractivity contribution in [3.8, 4) is 0 Å². The van der Waals surface area contributed by atoms with Gasteiger partial charge in [-0.3, -0.25) is 0 Å².